The van der Waals surface area contributed by atoms with Gasteiger partial charge in [0, 0.05) is 25.7 Å². The second-order valence-electron chi connectivity index (χ2n) is 6.81. The van der Waals surface area contributed by atoms with Gasteiger partial charge >= 0.3 is 0 Å². The number of hydrogen-bond acceptors (Lipinski definition) is 7. The van der Waals surface area contributed by atoms with Gasteiger partial charge in [0.15, 0.2) is 5.75 Å². The van der Waals surface area contributed by atoms with E-state index in [1.807, 2.05) is 0 Å². The Kier molecular flexibility index (Phi) is 4.85. The average Bonchev–Trinajstić information content (AvgIpc) is 3.20. The summed E-state index contributed by atoms with van der Waals surface area (Å²) in [5.74, 6) is 0.947. The van der Waals surface area contributed by atoms with E-state index in [-0.39, 0.29) is 23.8 Å². The third kappa shape index (κ3) is 3.68. The number of carbonyl (C=O) groups excluding carboxylic acids is 1. The molecular weight excluding hydrogens is 348 g/mol. The van der Waals surface area contributed by atoms with Gasteiger partial charge in [0.1, 0.15) is 5.82 Å². The zero-order valence-electron chi connectivity index (χ0n) is 15.3. The molecule has 2 aliphatic heterocycles. The van der Waals surface area contributed by atoms with E-state index in [2.05, 4.69) is 19.9 Å². The Labute approximate surface area is 156 Å². The van der Waals surface area contributed by atoms with E-state index in [0.717, 1.165) is 18.8 Å². The molecule has 0 radical (unpaired) electrons. The molecule has 2 aromatic rings. The molecule has 4 rings (SSSR count). The van der Waals surface area contributed by atoms with Gasteiger partial charge in [-0.25, -0.2) is 15.0 Å². The number of rotatable bonds is 4. The van der Waals surface area contributed by atoms with Crippen molar-refractivity contribution >= 4 is 5.91 Å². The molecule has 1 amide bonds. The molecule has 0 bridgehead atoms. The van der Waals surface area contributed by atoms with Gasteiger partial charge in [-0.05, 0) is 25.9 Å². The molecular formula is C18H22N6O3. The molecule has 27 heavy (non-hydrogen) atoms. The van der Waals surface area contributed by atoms with Crippen molar-refractivity contribution in [3.63, 3.8) is 0 Å². The number of amides is 1. The van der Waals surface area contributed by atoms with Crippen LogP contribution in [0.25, 0.3) is 0 Å². The first-order valence-electron chi connectivity index (χ1n) is 9.11. The summed E-state index contributed by atoms with van der Waals surface area (Å²) in [6.45, 7) is 3.89. The summed E-state index contributed by atoms with van der Waals surface area (Å²) in [7, 11) is 1.52. The summed E-state index contributed by atoms with van der Waals surface area (Å²) in [5, 5.41) is 0. The van der Waals surface area contributed by atoms with E-state index < -0.39 is 0 Å². The lowest BCUT2D eigenvalue weighted by molar-refractivity contribution is 0.0690. The monoisotopic (exact) mass is 370 g/mol. The van der Waals surface area contributed by atoms with Gasteiger partial charge in [-0.1, -0.05) is 0 Å². The highest BCUT2D eigenvalue weighted by Gasteiger charge is 2.26. The third-order valence-corrected chi connectivity index (χ3v) is 4.99. The predicted molar refractivity (Wildman–Crippen MR) is 96.3 cm³/mol. The van der Waals surface area contributed by atoms with Crippen LogP contribution in [0.15, 0.2) is 23.3 Å². The largest absolute Gasteiger partial charge is 0.494 e. The highest BCUT2D eigenvalue weighted by Crippen LogP contribution is 2.15. The minimum atomic E-state index is -0.275. The molecule has 0 N–H and O–H groups in total. The summed E-state index contributed by atoms with van der Waals surface area (Å²) in [6.07, 6.45) is 5.31. The highest BCUT2D eigenvalue weighted by molar-refractivity contribution is 5.90. The van der Waals surface area contributed by atoms with Gasteiger partial charge in [0.2, 0.25) is 5.82 Å². The van der Waals surface area contributed by atoms with Crippen LogP contribution < -0.4 is 10.3 Å². The summed E-state index contributed by atoms with van der Waals surface area (Å²) < 4.78 is 6.66. The van der Waals surface area contributed by atoms with E-state index in [1.165, 1.54) is 32.3 Å². The number of likely N-dealkylation sites (tertiary alicyclic amines) is 1. The molecule has 1 saturated heterocycles. The van der Waals surface area contributed by atoms with Crippen LogP contribution in [0.5, 0.6) is 5.75 Å². The summed E-state index contributed by atoms with van der Waals surface area (Å²) >= 11 is 0. The summed E-state index contributed by atoms with van der Waals surface area (Å²) in [4.78, 5) is 41.8. The van der Waals surface area contributed by atoms with Crippen molar-refractivity contribution in [1.82, 2.24) is 29.3 Å². The first kappa shape index (κ1) is 17.6. The maximum Gasteiger partial charge on any atom is 0.292 e. The van der Waals surface area contributed by atoms with Crippen molar-refractivity contribution < 1.29 is 9.53 Å². The van der Waals surface area contributed by atoms with Gasteiger partial charge in [-0.3, -0.25) is 19.1 Å². The zero-order valence-corrected chi connectivity index (χ0v) is 15.3. The Balaban J connectivity index is 1.53. The standard InChI is InChI=1S/C18H22N6O3/c1-27-14-9-19-17(20-10-14)18(26)23-6-7-24-15(12-23)21-13(8-16(24)25)11-22-4-2-3-5-22/h8-10H,2-7,11-12H2,1H3. The third-order valence-electron chi connectivity index (χ3n) is 4.99. The molecule has 0 saturated carbocycles. The average molecular weight is 370 g/mol. The molecule has 4 heterocycles. The number of carbonyl (C=O) groups is 1. The fourth-order valence-electron chi connectivity index (χ4n) is 3.53. The number of nitrogens with zero attached hydrogens (tertiary/aromatic N) is 6. The van der Waals surface area contributed by atoms with E-state index in [9.17, 15) is 9.59 Å². The highest BCUT2D eigenvalue weighted by atomic mass is 16.5. The van der Waals surface area contributed by atoms with Gasteiger partial charge < -0.3 is 9.64 Å². The quantitative estimate of drug-likeness (QED) is 0.764. The first-order valence-corrected chi connectivity index (χ1v) is 9.11. The van der Waals surface area contributed by atoms with Crippen molar-refractivity contribution in [3.8, 4) is 5.75 Å². The first-order chi connectivity index (χ1) is 13.1. The maximum absolute atomic E-state index is 12.7. The Morgan fingerprint density at radius 2 is 1.89 bits per heavy atom. The molecule has 142 valence electrons. The van der Waals surface area contributed by atoms with Gasteiger partial charge in [0.05, 0.1) is 31.7 Å². The fraction of sp³-hybridized carbons (Fsp3) is 0.500. The minimum Gasteiger partial charge on any atom is -0.494 e. The minimum absolute atomic E-state index is 0.0537. The molecule has 2 aliphatic rings. The molecule has 9 nitrogen and oxygen atoms in total. The van der Waals surface area contributed by atoms with Crippen molar-refractivity contribution in [2.24, 2.45) is 0 Å². The van der Waals surface area contributed by atoms with Crippen LogP contribution >= 0.6 is 0 Å². The normalized spacial score (nSPS) is 17.0. The van der Waals surface area contributed by atoms with Crippen LogP contribution in [0.1, 0.15) is 35.0 Å². The Hall–Kier alpha value is -2.81. The molecule has 0 atom stereocenters. The molecule has 0 spiro atoms. The Bertz CT molecular complexity index is 889. The van der Waals surface area contributed by atoms with Crippen LogP contribution in [0.3, 0.4) is 0 Å². The molecule has 0 aliphatic carbocycles. The van der Waals surface area contributed by atoms with Crippen LogP contribution in [0.4, 0.5) is 0 Å². The number of aromatic nitrogens is 4. The summed E-state index contributed by atoms with van der Waals surface area (Å²) in [6, 6.07) is 1.62. The van der Waals surface area contributed by atoms with E-state index >= 15 is 0 Å². The molecule has 1 fully saturated rings. The lowest BCUT2D eigenvalue weighted by Crippen LogP contribution is -2.43. The lowest BCUT2D eigenvalue weighted by Gasteiger charge is -2.29. The van der Waals surface area contributed by atoms with Crippen LogP contribution in [-0.2, 0) is 19.6 Å². The van der Waals surface area contributed by atoms with Gasteiger partial charge in [-0.2, -0.15) is 0 Å². The Morgan fingerprint density at radius 1 is 1.15 bits per heavy atom. The van der Waals surface area contributed by atoms with E-state index in [4.69, 9.17) is 4.74 Å². The number of fused-ring (bicyclic) bond motifs is 1. The van der Waals surface area contributed by atoms with Crippen LogP contribution in [0.2, 0.25) is 0 Å². The van der Waals surface area contributed by atoms with Crippen molar-refractivity contribution in [3.05, 3.63) is 46.2 Å². The smallest absolute Gasteiger partial charge is 0.292 e. The van der Waals surface area contributed by atoms with Gasteiger partial charge in [-0.15, -0.1) is 0 Å². The lowest BCUT2D eigenvalue weighted by atomic mass is 10.3. The van der Waals surface area contributed by atoms with Crippen molar-refractivity contribution in [2.45, 2.75) is 32.5 Å². The predicted octanol–water partition coefficient (Wildman–Crippen LogP) is 0.294. The topological polar surface area (TPSA) is 93.5 Å². The van der Waals surface area contributed by atoms with Crippen LogP contribution in [-0.4, -0.2) is 62.0 Å². The molecule has 9 heteroatoms. The van der Waals surface area contributed by atoms with E-state index in [0.29, 0.717) is 31.2 Å². The zero-order chi connectivity index (χ0) is 18.8. The summed E-state index contributed by atoms with van der Waals surface area (Å²) in [5.41, 5.74) is 0.713. The molecule has 0 unspecified atom stereocenters. The van der Waals surface area contributed by atoms with E-state index in [1.54, 1.807) is 15.5 Å². The van der Waals surface area contributed by atoms with Crippen molar-refractivity contribution in [2.75, 3.05) is 26.7 Å². The number of hydrogen-bond donors (Lipinski definition) is 0. The SMILES string of the molecule is COc1cnc(C(=O)N2CCn3c(nc(CN4CCCC4)cc3=O)C2)nc1. The van der Waals surface area contributed by atoms with Crippen LogP contribution in [0, 0.1) is 0 Å². The number of ether oxygens (including phenoxy) is 1. The molecule has 2 aromatic heterocycles. The van der Waals surface area contributed by atoms with Gasteiger partial charge in [0.25, 0.3) is 11.5 Å². The fourth-order valence-corrected chi connectivity index (χ4v) is 3.53. The Morgan fingerprint density at radius 3 is 2.59 bits per heavy atom. The van der Waals surface area contributed by atoms with Crippen molar-refractivity contribution in [1.29, 1.82) is 0 Å². The second kappa shape index (κ2) is 7.43. The number of methoxy groups -OCH3 is 1. The molecule has 0 aromatic carbocycles. The second-order valence-corrected chi connectivity index (χ2v) is 6.81. The maximum atomic E-state index is 12.7.